The standard InChI is InChI=1S/C19H30N4O3/c1-26-15-18(24)21-12-6-16(7-13-21)19(25)23-11-3-2-5-17(23)8-14-22-10-4-9-20-22/h4,9-10,16-17H,2-3,5-8,11-15H2,1H3. The topological polar surface area (TPSA) is 67.7 Å². The number of amides is 2. The third kappa shape index (κ3) is 4.63. The molecule has 0 bridgehead atoms. The molecule has 1 aromatic rings. The summed E-state index contributed by atoms with van der Waals surface area (Å²) in [7, 11) is 1.54. The molecule has 2 amide bonds. The average Bonchev–Trinajstić information content (AvgIpc) is 3.20. The van der Waals surface area contributed by atoms with Gasteiger partial charge in [0.05, 0.1) is 0 Å². The molecule has 144 valence electrons. The first-order chi connectivity index (χ1) is 12.7. The molecule has 1 atom stereocenters. The van der Waals surface area contributed by atoms with Crippen molar-refractivity contribution in [2.45, 2.75) is 51.1 Å². The maximum Gasteiger partial charge on any atom is 0.248 e. The SMILES string of the molecule is COCC(=O)N1CCC(C(=O)N2CCCCC2CCn2cccn2)CC1. The molecular weight excluding hydrogens is 332 g/mol. The van der Waals surface area contributed by atoms with Gasteiger partial charge in [0.15, 0.2) is 0 Å². The fourth-order valence-electron chi connectivity index (χ4n) is 4.13. The zero-order valence-electron chi connectivity index (χ0n) is 15.7. The third-order valence-corrected chi connectivity index (χ3v) is 5.63. The lowest BCUT2D eigenvalue weighted by Gasteiger charge is -2.40. The second-order valence-electron chi connectivity index (χ2n) is 7.33. The molecule has 0 aliphatic carbocycles. The van der Waals surface area contributed by atoms with Crippen molar-refractivity contribution in [3.8, 4) is 0 Å². The molecule has 0 spiro atoms. The van der Waals surface area contributed by atoms with Crippen LogP contribution in [-0.4, -0.2) is 70.8 Å². The van der Waals surface area contributed by atoms with Gasteiger partial charge in [-0.15, -0.1) is 0 Å². The van der Waals surface area contributed by atoms with Gasteiger partial charge in [0, 0.05) is 57.6 Å². The number of methoxy groups -OCH3 is 1. The summed E-state index contributed by atoms with van der Waals surface area (Å²) in [5.74, 6) is 0.356. The molecule has 0 saturated carbocycles. The molecule has 0 aromatic carbocycles. The van der Waals surface area contributed by atoms with E-state index in [4.69, 9.17) is 4.74 Å². The molecule has 2 fully saturated rings. The average molecular weight is 362 g/mol. The Morgan fingerprint density at radius 2 is 1.96 bits per heavy atom. The summed E-state index contributed by atoms with van der Waals surface area (Å²) in [6.45, 7) is 3.16. The van der Waals surface area contributed by atoms with Crippen molar-refractivity contribution in [1.82, 2.24) is 19.6 Å². The van der Waals surface area contributed by atoms with E-state index in [1.165, 1.54) is 13.5 Å². The highest BCUT2D eigenvalue weighted by Gasteiger charge is 2.34. The number of aromatic nitrogens is 2. The number of ether oxygens (including phenoxy) is 1. The van der Waals surface area contributed by atoms with E-state index >= 15 is 0 Å². The van der Waals surface area contributed by atoms with Crippen LogP contribution >= 0.6 is 0 Å². The van der Waals surface area contributed by atoms with E-state index in [2.05, 4.69) is 10.00 Å². The predicted molar refractivity (Wildman–Crippen MR) is 97.4 cm³/mol. The number of aryl methyl sites for hydroxylation is 1. The summed E-state index contributed by atoms with van der Waals surface area (Å²) >= 11 is 0. The van der Waals surface area contributed by atoms with Gasteiger partial charge >= 0.3 is 0 Å². The lowest BCUT2D eigenvalue weighted by atomic mass is 9.91. The molecule has 1 aromatic heterocycles. The number of nitrogens with zero attached hydrogens (tertiary/aromatic N) is 4. The Bertz CT molecular complexity index is 582. The minimum absolute atomic E-state index is 0.0217. The number of carbonyl (C=O) groups excluding carboxylic acids is 2. The quantitative estimate of drug-likeness (QED) is 0.770. The first-order valence-electron chi connectivity index (χ1n) is 9.73. The highest BCUT2D eigenvalue weighted by atomic mass is 16.5. The molecule has 2 saturated heterocycles. The molecule has 3 heterocycles. The number of rotatable bonds is 6. The zero-order chi connectivity index (χ0) is 18.4. The Morgan fingerprint density at radius 3 is 2.65 bits per heavy atom. The van der Waals surface area contributed by atoms with Crippen molar-refractivity contribution < 1.29 is 14.3 Å². The van der Waals surface area contributed by atoms with Gasteiger partial charge in [-0.1, -0.05) is 0 Å². The van der Waals surface area contributed by atoms with E-state index in [0.717, 1.165) is 45.2 Å². The Kier molecular flexibility index (Phi) is 6.66. The first kappa shape index (κ1) is 18.9. The van der Waals surface area contributed by atoms with Gasteiger partial charge in [-0.25, -0.2) is 0 Å². The fraction of sp³-hybridized carbons (Fsp3) is 0.737. The van der Waals surface area contributed by atoms with Gasteiger partial charge in [-0.2, -0.15) is 5.10 Å². The van der Waals surface area contributed by atoms with E-state index < -0.39 is 0 Å². The van der Waals surface area contributed by atoms with E-state index in [1.54, 1.807) is 6.20 Å². The highest BCUT2D eigenvalue weighted by Crippen LogP contribution is 2.26. The second kappa shape index (κ2) is 9.16. The molecule has 2 aliphatic heterocycles. The molecule has 2 aliphatic rings. The van der Waals surface area contributed by atoms with Crippen molar-refractivity contribution in [1.29, 1.82) is 0 Å². The van der Waals surface area contributed by atoms with Gasteiger partial charge in [-0.05, 0) is 44.6 Å². The van der Waals surface area contributed by atoms with Crippen molar-refractivity contribution in [3.05, 3.63) is 18.5 Å². The monoisotopic (exact) mass is 362 g/mol. The first-order valence-corrected chi connectivity index (χ1v) is 9.73. The van der Waals surface area contributed by atoms with Crippen LogP contribution < -0.4 is 0 Å². The van der Waals surface area contributed by atoms with Crippen molar-refractivity contribution in [3.63, 3.8) is 0 Å². The highest BCUT2D eigenvalue weighted by molar-refractivity contribution is 5.81. The molecule has 0 radical (unpaired) electrons. The summed E-state index contributed by atoms with van der Waals surface area (Å²) in [5, 5.41) is 4.27. The zero-order valence-corrected chi connectivity index (χ0v) is 15.7. The van der Waals surface area contributed by atoms with E-state index in [0.29, 0.717) is 19.1 Å². The van der Waals surface area contributed by atoms with Crippen LogP contribution in [0.25, 0.3) is 0 Å². The van der Waals surface area contributed by atoms with Crippen LogP contribution in [0, 0.1) is 5.92 Å². The Balaban J connectivity index is 1.52. The van der Waals surface area contributed by atoms with E-state index in [9.17, 15) is 9.59 Å². The fourth-order valence-corrected chi connectivity index (χ4v) is 4.13. The molecule has 0 N–H and O–H groups in total. The van der Waals surface area contributed by atoms with E-state index in [-0.39, 0.29) is 24.3 Å². The number of hydrogen-bond acceptors (Lipinski definition) is 4. The van der Waals surface area contributed by atoms with Crippen LogP contribution in [-0.2, 0) is 20.9 Å². The molecule has 7 heteroatoms. The molecule has 3 rings (SSSR count). The lowest BCUT2D eigenvalue weighted by molar-refractivity contribution is -0.144. The van der Waals surface area contributed by atoms with Crippen LogP contribution in [0.3, 0.4) is 0 Å². The predicted octanol–water partition coefficient (Wildman–Crippen LogP) is 1.54. The third-order valence-electron chi connectivity index (χ3n) is 5.63. The number of likely N-dealkylation sites (tertiary alicyclic amines) is 2. The van der Waals surface area contributed by atoms with Gasteiger partial charge in [-0.3, -0.25) is 14.3 Å². The van der Waals surface area contributed by atoms with Crippen LogP contribution in [0.2, 0.25) is 0 Å². The Morgan fingerprint density at radius 1 is 1.15 bits per heavy atom. The summed E-state index contributed by atoms with van der Waals surface area (Å²) in [5.41, 5.74) is 0. The van der Waals surface area contributed by atoms with Crippen LogP contribution in [0.15, 0.2) is 18.5 Å². The van der Waals surface area contributed by atoms with Crippen molar-refractivity contribution in [2.75, 3.05) is 33.4 Å². The summed E-state index contributed by atoms with van der Waals surface area (Å²) in [6, 6.07) is 2.25. The van der Waals surface area contributed by atoms with Gasteiger partial charge in [0.25, 0.3) is 0 Å². The Labute approximate surface area is 155 Å². The van der Waals surface area contributed by atoms with Crippen molar-refractivity contribution in [2.24, 2.45) is 5.92 Å². The van der Waals surface area contributed by atoms with Crippen LogP contribution in [0.5, 0.6) is 0 Å². The second-order valence-corrected chi connectivity index (χ2v) is 7.33. The summed E-state index contributed by atoms with van der Waals surface area (Å²) < 4.78 is 6.87. The molecule has 1 unspecified atom stereocenters. The maximum absolute atomic E-state index is 13.1. The van der Waals surface area contributed by atoms with Gasteiger partial charge < -0.3 is 14.5 Å². The summed E-state index contributed by atoms with van der Waals surface area (Å²) in [6.07, 6.45) is 9.61. The minimum Gasteiger partial charge on any atom is -0.375 e. The van der Waals surface area contributed by atoms with E-state index in [1.807, 2.05) is 21.8 Å². The largest absolute Gasteiger partial charge is 0.375 e. The molecule has 7 nitrogen and oxygen atoms in total. The van der Waals surface area contributed by atoms with Gasteiger partial charge in [0.2, 0.25) is 11.8 Å². The van der Waals surface area contributed by atoms with Crippen LogP contribution in [0.4, 0.5) is 0 Å². The lowest BCUT2D eigenvalue weighted by Crippen LogP contribution is -2.50. The summed E-state index contributed by atoms with van der Waals surface area (Å²) in [4.78, 5) is 29.0. The van der Waals surface area contributed by atoms with Crippen LogP contribution in [0.1, 0.15) is 38.5 Å². The number of carbonyl (C=O) groups is 2. The maximum atomic E-state index is 13.1. The van der Waals surface area contributed by atoms with Gasteiger partial charge in [0.1, 0.15) is 6.61 Å². The molecular formula is C19H30N4O3. The molecule has 26 heavy (non-hydrogen) atoms. The number of piperidine rings is 2. The Hall–Kier alpha value is -1.89. The smallest absolute Gasteiger partial charge is 0.248 e. The number of hydrogen-bond donors (Lipinski definition) is 0. The minimum atomic E-state index is 0.0217. The van der Waals surface area contributed by atoms with Crippen molar-refractivity contribution >= 4 is 11.8 Å². The normalized spacial score (nSPS) is 21.8.